The number of nitrogen functional groups attached to an aromatic ring is 1. The van der Waals surface area contributed by atoms with E-state index >= 15 is 0 Å². The summed E-state index contributed by atoms with van der Waals surface area (Å²) in [4.78, 5) is 0. The second-order valence-electron chi connectivity index (χ2n) is 4.11. The van der Waals surface area contributed by atoms with E-state index in [2.05, 4.69) is 12.0 Å². The molecule has 0 radical (unpaired) electrons. The minimum Gasteiger partial charge on any atom is -0.384 e. The number of ether oxygens (including phenoxy) is 1. The molecule has 0 aliphatic carbocycles. The first-order valence-electron chi connectivity index (χ1n) is 5.06. The van der Waals surface area contributed by atoms with Gasteiger partial charge in [0.2, 0.25) is 0 Å². The zero-order valence-electron chi connectivity index (χ0n) is 8.79. The average molecular weight is 195 g/mol. The van der Waals surface area contributed by atoms with Gasteiger partial charge in [-0.1, -0.05) is 0 Å². The predicted octanol–water partition coefficient (Wildman–Crippen LogP) is 1.42. The Hall–Kier alpha value is -1.03. The van der Waals surface area contributed by atoms with Crippen LogP contribution in [0.2, 0.25) is 0 Å². The molecule has 2 rings (SSSR count). The molecule has 1 saturated heterocycles. The van der Waals surface area contributed by atoms with Gasteiger partial charge in [-0.2, -0.15) is 5.10 Å². The lowest BCUT2D eigenvalue weighted by Gasteiger charge is -2.32. The Morgan fingerprint density at radius 2 is 2.36 bits per heavy atom. The molecule has 4 nitrogen and oxygen atoms in total. The SMILES string of the molecule is Cn1nc(C2(C)CCCCO2)cc1N. The van der Waals surface area contributed by atoms with E-state index < -0.39 is 0 Å². The molecule has 2 heterocycles. The maximum atomic E-state index is 5.79. The Balaban J connectivity index is 2.28. The first kappa shape index (κ1) is 9.52. The molecule has 1 aromatic rings. The second kappa shape index (κ2) is 3.28. The van der Waals surface area contributed by atoms with Crippen molar-refractivity contribution >= 4 is 5.82 Å². The van der Waals surface area contributed by atoms with E-state index in [0.29, 0.717) is 5.82 Å². The van der Waals surface area contributed by atoms with Crippen LogP contribution in [0.5, 0.6) is 0 Å². The summed E-state index contributed by atoms with van der Waals surface area (Å²) in [7, 11) is 1.85. The van der Waals surface area contributed by atoms with Crippen molar-refractivity contribution in [3.05, 3.63) is 11.8 Å². The van der Waals surface area contributed by atoms with Crippen LogP contribution in [-0.4, -0.2) is 16.4 Å². The first-order valence-corrected chi connectivity index (χ1v) is 5.06. The van der Waals surface area contributed by atoms with Gasteiger partial charge >= 0.3 is 0 Å². The third-order valence-electron chi connectivity index (χ3n) is 2.93. The maximum Gasteiger partial charge on any atom is 0.121 e. The van der Waals surface area contributed by atoms with Crippen LogP contribution in [0.4, 0.5) is 5.82 Å². The van der Waals surface area contributed by atoms with E-state index in [-0.39, 0.29) is 5.60 Å². The fourth-order valence-electron chi connectivity index (χ4n) is 1.88. The molecule has 4 heteroatoms. The van der Waals surface area contributed by atoms with Crippen molar-refractivity contribution < 1.29 is 4.74 Å². The number of anilines is 1. The van der Waals surface area contributed by atoms with Crippen LogP contribution in [0.25, 0.3) is 0 Å². The molecule has 0 spiro atoms. The van der Waals surface area contributed by atoms with Crippen molar-refractivity contribution in [1.29, 1.82) is 0 Å². The Morgan fingerprint density at radius 1 is 1.57 bits per heavy atom. The van der Waals surface area contributed by atoms with Gasteiger partial charge in [0.25, 0.3) is 0 Å². The van der Waals surface area contributed by atoms with E-state index in [4.69, 9.17) is 10.5 Å². The van der Waals surface area contributed by atoms with Crippen LogP contribution in [0.1, 0.15) is 31.9 Å². The van der Waals surface area contributed by atoms with Crippen molar-refractivity contribution in [2.24, 2.45) is 7.05 Å². The van der Waals surface area contributed by atoms with Gasteiger partial charge in [-0.05, 0) is 26.2 Å². The van der Waals surface area contributed by atoms with Crippen molar-refractivity contribution in [1.82, 2.24) is 9.78 Å². The van der Waals surface area contributed by atoms with Crippen molar-refractivity contribution in [2.45, 2.75) is 31.8 Å². The molecule has 1 atom stereocenters. The van der Waals surface area contributed by atoms with Gasteiger partial charge in [0.15, 0.2) is 0 Å². The third-order valence-corrected chi connectivity index (χ3v) is 2.93. The molecule has 2 N–H and O–H groups in total. The van der Waals surface area contributed by atoms with Crippen LogP contribution in [0.15, 0.2) is 6.07 Å². The number of hydrogen-bond donors (Lipinski definition) is 1. The smallest absolute Gasteiger partial charge is 0.121 e. The van der Waals surface area contributed by atoms with E-state index in [9.17, 15) is 0 Å². The quantitative estimate of drug-likeness (QED) is 0.737. The topological polar surface area (TPSA) is 53.1 Å². The second-order valence-corrected chi connectivity index (χ2v) is 4.11. The van der Waals surface area contributed by atoms with Gasteiger partial charge in [0.05, 0.1) is 5.69 Å². The lowest BCUT2D eigenvalue weighted by molar-refractivity contribution is -0.0732. The molecule has 0 saturated carbocycles. The molecular weight excluding hydrogens is 178 g/mol. The standard InChI is InChI=1S/C10H17N3O/c1-10(5-3-4-6-14-10)8-7-9(11)13(2)12-8/h7H,3-6,11H2,1-2H3. The maximum absolute atomic E-state index is 5.79. The van der Waals surface area contributed by atoms with Crippen molar-refractivity contribution in [2.75, 3.05) is 12.3 Å². The molecule has 1 aliphatic heterocycles. The number of rotatable bonds is 1. The number of nitrogens with two attached hydrogens (primary N) is 1. The van der Waals surface area contributed by atoms with Gasteiger partial charge in [-0.3, -0.25) is 4.68 Å². The average Bonchev–Trinajstić information content (AvgIpc) is 2.49. The van der Waals surface area contributed by atoms with E-state index in [1.54, 1.807) is 4.68 Å². The lowest BCUT2D eigenvalue weighted by Crippen LogP contribution is -2.30. The molecule has 1 unspecified atom stereocenters. The van der Waals surface area contributed by atoms with Crippen molar-refractivity contribution in [3.63, 3.8) is 0 Å². The van der Waals surface area contributed by atoms with E-state index in [1.165, 1.54) is 6.42 Å². The van der Waals surface area contributed by atoms with Gasteiger partial charge < -0.3 is 10.5 Å². The number of hydrogen-bond acceptors (Lipinski definition) is 3. The van der Waals surface area contributed by atoms with Gasteiger partial charge in [-0.25, -0.2) is 0 Å². The van der Waals surface area contributed by atoms with Crippen LogP contribution in [0, 0.1) is 0 Å². The van der Waals surface area contributed by atoms with Crippen LogP contribution < -0.4 is 5.73 Å². The summed E-state index contributed by atoms with van der Waals surface area (Å²) in [5.41, 5.74) is 6.48. The fourth-order valence-corrected chi connectivity index (χ4v) is 1.88. The number of nitrogens with zero attached hydrogens (tertiary/aromatic N) is 2. The summed E-state index contributed by atoms with van der Waals surface area (Å²) >= 11 is 0. The summed E-state index contributed by atoms with van der Waals surface area (Å²) in [6.45, 7) is 2.92. The van der Waals surface area contributed by atoms with E-state index in [1.807, 2.05) is 13.1 Å². The normalized spacial score (nSPS) is 27.9. The highest BCUT2D eigenvalue weighted by molar-refractivity contribution is 5.33. The first-order chi connectivity index (χ1) is 6.62. The van der Waals surface area contributed by atoms with Crippen LogP contribution >= 0.6 is 0 Å². The molecule has 1 aliphatic rings. The molecule has 0 aromatic carbocycles. The Bertz CT molecular complexity index is 307. The molecule has 0 amide bonds. The summed E-state index contributed by atoms with van der Waals surface area (Å²) in [5, 5.41) is 4.37. The molecule has 78 valence electrons. The Kier molecular flexibility index (Phi) is 2.23. The lowest BCUT2D eigenvalue weighted by atomic mass is 9.93. The number of aromatic nitrogens is 2. The zero-order valence-corrected chi connectivity index (χ0v) is 8.79. The minimum absolute atomic E-state index is 0.229. The predicted molar refractivity (Wildman–Crippen MR) is 54.8 cm³/mol. The molecular formula is C10H17N3O. The summed E-state index contributed by atoms with van der Waals surface area (Å²) in [6.07, 6.45) is 3.38. The summed E-state index contributed by atoms with van der Waals surface area (Å²) in [5.74, 6) is 0.690. The molecule has 1 aromatic heterocycles. The summed E-state index contributed by atoms with van der Waals surface area (Å²) in [6, 6.07) is 1.91. The van der Waals surface area contributed by atoms with Crippen LogP contribution in [0.3, 0.4) is 0 Å². The monoisotopic (exact) mass is 195 g/mol. The molecule has 14 heavy (non-hydrogen) atoms. The van der Waals surface area contributed by atoms with E-state index in [0.717, 1.165) is 25.1 Å². The van der Waals surface area contributed by atoms with Crippen molar-refractivity contribution in [3.8, 4) is 0 Å². The van der Waals surface area contributed by atoms with Gasteiger partial charge in [-0.15, -0.1) is 0 Å². The van der Waals surface area contributed by atoms with Gasteiger partial charge in [0, 0.05) is 19.7 Å². The largest absolute Gasteiger partial charge is 0.384 e. The molecule has 0 bridgehead atoms. The molecule has 1 fully saturated rings. The third kappa shape index (κ3) is 1.50. The highest BCUT2D eigenvalue weighted by Crippen LogP contribution is 2.34. The highest BCUT2D eigenvalue weighted by Gasteiger charge is 2.32. The minimum atomic E-state index is -0.229. The number of aryl methyl sites for hydroxylation is 1. The zero-order chi connectivity index (χ0) is 10.2. The highest BCUT2D eigenvalue weighted by atomic mass is 16.5. The fraction of sp³-hybridized carbons (Fsp3) is 0.700. The van der Waals surface area contributed by atoms with Gasteiger partial charge in [0.1, 0.15) is 11.4 Å². The summed E-state index contributed by atoms with van der Waals surface area (Å²) < 4.78 is 7.48. The Morgan fingerprint density at radius 3 is 2.86 bits per heavy atom. The Labute approximate surface area is 84.0 Å². The van der Waals surface area contributed by atoms with Crippen LogP contribution in [-0.2, 0) is 17.4 Å².